The molecule has 13 heavy (non-hydrogen) atoms. The van der Waals surface area contributed by atoms with Gasteiger partial charge >= 0.3 is 0 Å². The highest BCUT2D eigenvalue weighted by Gasteiger charge is 2.02. The number of phenolic OH excluding ortho intramolecular Hbond substituents is 1. The number of rotatable bonds is 3. The lowest BCUT2D eigenvalue weighted by atomic mass is 10.0. The Morgan fingerprint density at radius 3 is 2.62 bits per heavy atom. The molecule has 1 rings (SSSR count). The van der Waals surface area contributed by atoms with Gasteiger partial charge in [-0.3, -0.25) is 0 Å². The summed E-state index contributed by atoms with van der Waals surface area (Å²) in [6.45, 7) is 3.70. The van der Waals surface area contributed by atoms with Gasteiger partial charge in [0, 0.05) is 0 Å². The van der Waals surface area contributed by atoms with Crippen LogP contribution in [-0.2, 0) is 6.42 Å². The summed E-state index contributed by atoms with van der Waals surface area (Å²) in [4.78, 5) is 0. The quantitative estimate of drug-likeness (QED) is 0.747. The SMILES string of the molecule is Cc1ccc(CC[C@H](C)O)c(O)c1. The second-order valence-electron chi connectivity index (χ2n) is 3.52. The van der Waals surface area contributed by atoms with Crippen LogP contribution in [-0.4, -0.2) is 16.3 Å². The van der Waals surface area contributed by atoms with Gasteiger partial charge in [-0.15, -0.1) is 0 Å². The highest BCUT2D eigenvalue weighted by Crippen LogP contribution is 2.20. The molecule has 0 radical (unpaired) electrons. The predicted octanol–water partition coefficient (Wildman–Crippen LogP) is 2.01. The van der Waals surface area contributed by atoms with E-state index in [0.29, 0.717) is 12.2 Å². The van der Waals surface area contributed by atoms with Crippen molar-refractivity contribution in [3.63, 3.8) is 0 Å². The first-order chi connectivity index (χ1) is 6.09. The van der Waals surface area contributed by atoms with Crippen molar-refractivity contribution in [1.82, 2.24) is 0 Å². The number of hydrogen-bond donors (Lipinski definition) is 2. The van der Waals surface area contributed by atoms with Gasteiger partial charge in [0.15, 0.2) is 0 Å². The molecule has 0 saturated heterocycles. The second-order valence-corrected chi connectivity index (χ2v) is 3.52. The van der Waals surface area contributed by atoms with Crippen LogP contribution in [0.5, 0.6) is 5.75 Å². The van der Waals surface area contributed by atoms with Crippen LogP contribution >= 0.6 is 0 Å². The Kier molecular flexibility index (Phi) is 3.32. The molecule has 1 atom stereocenters. The summed E-state index contributed by atoms with van der Waals surface area (Å²) in [6.07, 6.45) is 1.11. The first kappa shape index (κ1) is 10.1. The van der Waals surface area contributed by atoms with Crippen molar-refractivity contribution in [3.05, 3.63) is 29.3 Å². The molecule has 0 aromatic heterocycles. The van der Waals surface area contributed by atoms with Gasteiger partial charge in [0.2, 0.25) is 0 Å². The fourth-order valence-electron chi connectivity index (χ4n) is 1.25. The van der Waals surface area contributed by atoms with Crippen LogP contribution in [0.25, 0.3) is 0 Å². The molecule has 0 aliphatic rings. The third-order valence-electron chi connectivity index (χ3n) is 2.07. The van der Waals surface area contributed by atoms with E-state index in [1.54, 1.807) is 13.0 Å². The van der Waals surface area contributed by atoms with E-state index in [0.717, 1.165) is 17.5 Å². The summed E-state index contributed by atoms with van der Waals surface area (Å²) in [5.41, 5.74) is 1.96. The van der Waals surface area contributed by atoms with Crippen LogP contribution < -0.4 is 0 Å². The zero-order chi connectivity index (χ0) is 9.84. The van der Waals surface area contributed by atoms with E-state index in [4.69, 9.17) is 5.11 Å². The summed E-state index contributed by atoms with van der Waals surface area (Å²) in [7, 11) is 0. The topological polar surface area (TPSA) is 40.5 Å². The molecule has 0 unspecified atom stereocenters. The van der Waals surface area contributed by atoms with Gasteiger partial charge in [0.05, 0.1) is 6.10 Å². The summed E-state index contributed by atoms with van der Waals surface area (Å²) in [5, 5.41) is 18.6. The minimum Gasteiger partial charge on any atom is -0.508 e. The molecule has 0 fully saturated rings. The molecule has 0 heterocycles. The monoisotopic (exact) mass is 180 g/mol. The summed E-state index contributed by atoms with van der Waals surface area (Å²) >= 11 is 0. The standard InChI is InChI=1S/C11H16O2/c1-8-3-5-10(11(13)7-8)6-4-9(2)12/h3,5,7,9,12-13H,4,6H2,1-2H3/t9-/m0/s1. The number of hydrogen-bond acceptors (Lipinski definition) is 2. The summed E-state index contributed by atoms with van der Waals surface area (Å²) in [6, 6.07) is 5.63. The molecular weight excluding hydrogens is 164 g/mol. The van der Waals surface area contributed by atoms with Gasteiger partial charge in [-0.1, -0.05) is 12.1 Å². The molecule has 2 nitrogen and oxygen atoms in total. The van der Waals surface area contributed by atoms with E-state index in [2.05, 4.69) is 0 Å². The fourth-order valence-corrected chi connectivity index (χ4v) is 1.25. The lowest BCUT2D eigenvalue weighted by molar-refractivity contribution is 0.184. The third-order valence-corrected chi connectivity index (χ3v) is 2.07. The molecule has 0 bridgehead atoms. The Morgan fingerprint density at radius 1 is 1.38 bits per heavy atom. The van der Waals surface area contributed by atoms with Gasteiger partial charge in [-0.05, 0) is 43.9 Å². The smallest absolute Gasteiger partial charge is 0.119 e. The number of aliphatic hydroxyl groups excluding tert-OH is 1. The fraction of sp³-hybridized carbons (Fsp3) is 0.455. The second kappa shape index (κ2) is 4.28. The van der Waals surface area contributed by atoms with Crippen LogP contribution in [0.15, 0.2) is 18.2 Å². The van der Waals surface area contributed by atoms with E-state index >= 15 is 0 Å². The van der Waals surface area contributed by atoms with Crippen LogP contribution in [0.3, 0.4) is 0 Å². The lowest BCUT2D eigenvalue weighted by Gasteiger charge is -2.06. The van der Waals surface area contributed by atoms with Crippen LogP contribution in [0, 0.1) is 6.92 Å². The van der Waals surface area contributed by atoms with Crippen LogP contribution in [0.4, 0.5) is 0 Å². The average Bonchev–Trinajstić information content (AvgIpc) is 2.02. The molecule has 0 saturated carbocycles. The minimum absolute atomic E-state index is 0.305. The molecule has 0 aliphatic heterocycles. The maximum absolute atomic E-state index is 9.52. The van der Waals surface area contributed by atoms with Gasteiger partial charge < -0.3 is 10.2 Å². The molecule has 0 amide bonds. The lowest BCUT2D eigenvalue weighted by Crippen LogP contribution is -2.01. The first-order valence-corrected chi connectivity index (χ1v) is 4.56. The van der Waals surface area contributed by atoms with E-state index in [-0.39, 0.29) is 6.10 Å². The molecule has 2 N–H and O–H groups in total. The zero-order valence-corrected chi connectivity index (χ0v) is 8.12. The molecule has 0 spiro atoms. The Hall–Kier alpha value is -1.02. The first-order valence-electron chi connectivity index (χ1n) is 4.56. The van der Waals surface area contributed by atoms with Crippen molar-refractivity contribution < 1.29 is 10.2 Å². The van der Waals surface area contributed by atoms with Gasteiger partial charge in [-0.25, -0.2) is 0 Å². The Bertz CT molecular complexity index is 279. The number of phenols is 1. The number of benzene rings is 1. The normalized spacial score (nSPS) is 12.8. The zero-order valence-electron chi connectivity index (χ0n) is 8.12. The highest BCUT2D eigenvalue weighted by atomic mass is 16.3. The summed E-state index contributed by atoms with van der Waals surface area (Å²) in [5.74, 6) is 0.334. The molecule has 1 aromatic rings. The highest BCUT2D eigenvalue weighted by molar-refractivity contribution is 5.35. The van der Waals surface area contributed by atoms with Crippen molar-refractivity contribution in [2.45, 2.75) is 32.8 Å². The van der Waals surface area contributed by atoms with E-state index in [1.807, 2.05) is 19.1 Å². The molecule has 2 heteroatoms. The predicted molar refractivity (Wildman–Crippen MR) is 52.8 cm³/mol. The van der Waals surface area contributed by atoms with Crippen molar-refractivity contribution in [2.75, 3.05) is 0 Å². The number of aryl methyl sites for hydroxylation is 2. The van der Waals surface area contributed by atoms with E-state index < -0.39 is 0 Å². The molecule has 1 aromatic carbocycles. The van der Waals surface area contributed by atoms with Gasteiger partial charge in [-0.2, -0.15) is 0 Å². The van der Waals surface area contributed by atoms with Crippen molar-refractivity contribution in [2.24, 2.45) is 0 Å². The maximum atomic E-state index is 9.52. The minimum atomic E-state index is -0.305. The maximum Gasteiger partial charge on any atom is 0.119 e. The summed E-state index contributed by atoms with van der Waals surface area (Å²) < 4.78 is 0. The van der Waals surface area contributed by atoms with Gasteiger partial charge in [0.25, 0.3) is 0 Å². The van der Waals surface area contributed by atoms with Crippen LogP contribution in [0.1, 0.15) is 24.5 Å². The van der Waals surface area contributed by atoms with Crippen LogP contribution in [0.2, 0.25) is 0 Å². The van der Waals surface area contributed by atoms with Crippen molar-refractivity contribution in [1.29, 1.82) is 0 Å². The Balaban J connectivity index is 2.67. The average molecular weight is 180 g/mol. The molecule has 0 aliphatic carbocycles. The Morgan fingerprint density at radius 2 is 2.08 bits per heavy atom. The number of aromatic hydroxyl groups is 1. The van der Waals surface area contributed by atoms with Gasteiger partial charge in [0.1, 0.15) is 5.75 Å². The Labute approximate surface area is 78.8 Å². The largest absolute Gasteiger partial charge is 0.508 e. The number of aliphatic hydroxyl groups is 1. The van der Waals surface area contributed by atoms with E-state index in [9.17, 15) is 5.11 Å². The van der Waals surface area contributed by atoms with Crippen molar-refractivity contribution >= 4 is 0 Å². The van der Waals surface area contributed by atoms with E-state index in [1.165, 1.54) is 0 Å². The molecular formula is C11H16O2. The third kappa shape index (κ3) is 3.07. The van der Waals surface area contributed by atoms with Crippen molar-refractivity contribution in [3.8, 4) is 5.75 Å². The molecule has 72 valence electrons.